The maximum Gasteiger partial charge on any atom is 0.0404 e. The summed E-state index contributed by atoms with van der Waals surface area (Å²) in [6.07, 6.45) is 6.29. The first-order valence-electron chi connectivity index (χ1n) is 4.71. The van der Waals surface area contributed by atoms with Gasteiger partial charge in [-0.15, -0.1) is 0 Å². The van der Waals surface area contributed by atoms with E-state index >= 15 is 0 Å². The Kier molecular flexibility index (Phi) is 2.50. The van der Waals surface area contributed by atoms with E-state index in [1.54, 1.807) is 0 Å². The van der Waals surface area contributed by atoms with E-state index in [0.717, 1.165) is 0 Å². The second kappa shape index (κ2) is 3.97. The largest absolute Gasteiger partial charge is 0.351 e. The van der Waals surface area contributed by atoms with Crippen LogP contribution in [0.5, 0.6) is 0 Å². The second-order valence-corrected chi connectivity index (χ2v) is 3.29. The first-order chi connectivity index (χ1) is 6.86. The molecule has 0 fully saturated rings. The van der Waals surface area contributed by atoms with Crippen molar-refractivity contribution < 1.29 is 0 Å². The fourth-order valence-electron chi connectivity index (χ4n) is 1.39. The van der Waals surface area contributed by atoms with Gasteiger partial charge in [0.1, 0.15) is 0 Å². The lowest BCUT2D eigenvalue weighted by Gasteiger charge is -1.95. The molecular weight excluding hydrogens is 170 g/mol. The Morgan fingerprint density at radius 1 is 0.929 bits per heavy atom. The standard InChI is InChI=1S/C13H13N/c1-14-11-5-8-13(14)10-9-12-6-3-2-4-7-12/h2-11H,1H3/b10-9-. The van der Waals surface area contributed by atoms with Gasteiger partial charge < -0.3 is 4.57 Å². The normalized spacial score (nSPS) is 10.9. The number of aryl methyl sites for hydroxylation is 1. The van der Waals surface area contributed by atoms with Crippen LogP contribution in [0.3, 0.4) is 0 Å². The molecule has 14 heavy (non-hydrogen) atoms. The van der Waals surface area contributed by atoms with Crippen molar-refractivity contribution in [1.82, 2.24) is 4.57 Å². The third kappa shape index (κ3) is 1.94. The summed E-state index contributed by atoms with van der Waals surface area (Å²) in [5.41, 5.74) is 2.45. The first kappa shape index (κ1) is 8.82. The lowest BCUT2D eigenvalue weighted by atomic mass is 10.2. The van der Waals surface area contributed by atoms with Crippen LogP contribution in [0.4, 0.5) is 0 Å². The molecule has 0 aliphatic rings. The quantitative estimate of drug-likeness (QED) is 0.673. The van der Waals surface area contributed by atoms with E-state index < -0.39 is 0 Å². The molecule has 2 rings (SSSR count). The highest BCUT2D eigenvalue weighted by Gasteiger charge is 1.89. The highest BCUT2D eigenvalue weighted by Crippen LogP contribution is 2.07. The van der Waals surface area contributed by atoms with Gasteiger partial charge in [0.15, 0.2) is 0 Å². The molecule has 0 aliphatic carbocycles. The highest BCUT2D eigenvalue weighted by molar-refractivity contribution is 5.68. The monoisotopic (exact) mass is 183 g/mol. The number of benzene rings is 1. The topological polar surface area (TPSA) is 4.93 Å². The summed E-state index contributed by atoms with van der Waals surface area (Å²) in [6.45, 7) is 0. The molecule has 0 saturated heterocycles. The van der Waals surface area contributed by atoms with Crippen LogP contribution in [-0.4, -0.2) is 4.57 Å². The highest BCUT2D eigenvalue weighted by atomic mass is 14.9. The lowest BCUT2D eigenvalue weighted by molar-refractivity contribution is 0.915. The predicted octanol–water partition coefficient (Wildman–Crippen LogP) is 3.20. The Balaban J connectivity index is 2.20. The zero-order valence-electron chi connectivity index (χ0n) is 8.22. The Hall–Kier alpha value is -1.76. The fourth-order valence-corrected chi connectivity index (χ4v) is 1.39. The third-order valence-corrected chi connectivity index (χ3v) is 2.23. The SMILES string of the molecule is Cn1cccc1/C=C\c1ccccc1. The van der Waals surface area contributed by atoms with Crippen molar-refractivity contribution in [3.63, 3.8) is 0 Å². The maximum absolute atomic E-state index is 2.12. The van der Waals surface area contributed by atoms with E-state index in [-0.39, 0.29) is 0 Å². The van der Waals surface area contributed by atoms with Crippen LogP contribution in [0.25, 0.3) is 12.2 Å². The van der Waals surface area contributed by atoms with Gasteiger partial charge in [0, 0.05) is 18.9 Å². The van der Waals surface area contributed by atoms with Crippen LogP contribution < -0.4 is 0 Å². The van der Waals surface area contributed by atoms with Gasteiger partial charge in [-0.1, -0.05) is 36.4 Å². The average molecular weight is 183 g/mol. The summed E-state index contributed by atoms with van der Waals surface area (Å²) < 4.78 is 2.10. The van der Waals surface area contributed by atoms with Gasteiger partial charge in [-0.05, 0) is 23.8 Å². The maximum atomic E-state index is 2.12. The Morgan fingerprint density at radius 3 is 2.36 bits per heavy atom. The summed E-state index contributed by atoms with van der Waals surface area (Å²) in [7, 11) is 2.05. The van der Waals surface area contributed by atoms with E-state index in [0.29, 0.717) is 0 Å². The van der Waals surface area contributed by atoms with Crippen LogP contribution in [0.15, 0.2) is 48.7 Å². The Morgan fingerprint density at radius 2 is 1.71 bits per heavy atom. The van der Waals surface area contributed by atoms with E-state index in [1.165, 1.54) is 11.3 Å². The van der Waals surface area contributed by atoms with E-state index in [9.17, 15) is 0 Å². The van der Waals surface area contributed by atoms with Crippen LogP contribution in [0.1, 0.15) is 11.3 Å². The lowest BCUT2D eigenvalue weighted by Crippen LogP contribution is -1.86. The molecule has 0 unspecified atom stereocenters. The zero-order chi connectivity index (χ0) is 9.80. The molecule has 0 bridgehead atoms. The summed E-state index contributed by atoms with van der Waals surface area (Å²) in [5, 5.41) is 0. The molecule has 0 N–H and O–H groups in total. The number of aromatic nitrogens is 1. The van der Waals surface area contributed by atoms with Crippen molar-refractivity contribution in [2.24, 2.45) is 7.05 Å². The van der Waals surface area contributed by atoms with Crippen LogP contribution in [0.2, 0.25) is 0 Å². The molecule has 0 aliphatic heterocycles. The smallest absolute Gasteiger partial charge is 0.0404 e. The van der Waals surface area contributed by atoms with Crippen LogP contribution >= 0.6 is 0 Å². The molecule has 0 atom stereocenters. The van der Waals surface area contributed by atoms with Gasteiger partial charge in [-0.2, -0.15) is 0 Å². The molecule has 0 radical (unpaired) electrons. The van der Waals surface area contributed by atoms with Gasteiger partial charge in [-0.3, -0.25) is 0 Å². The molecule has 1 aromatic carbocycles. The van der Waals surface area contributed by atoms with Gasteiger partial charge in [0.05, 0.1) is 0 Å². The Bertz CT molecular complexity index is 424. The fraction of sp³-hybridized carbons (Fsp3) is 0.0769. The molecule has 0 saturated carbocycles. The third-order valence-electron chi connectivity index (χ3n) is 2.23. The molecule has 0 spiro atoms. The van der Waals surface area contributed by atoms with Crippen molar-refractivity contribution in [2.45, 2.75) is 0 Å². The van der Waals surface area contributed by atoms with Crippen molar-refractivity contribution >= 4 is 12.2 Å². The summed E-state index contributed by atoms with van der Waals surface area (Å²) >= 11 is 0. The molecular formula is C13H13N. The number of nitrogens with zero attached hydrogens (tertiary/aromatic N) is 1. The molecule has 1 heterocycles. The van der Waals surface area contributed by atoms with Crippen molar-refractivity contribution in [2.75, 3.05) is 0 Å². The van der Waals surface area contributed by atoms with Crippen molar-refractivity contribution in [3.05, 3.63) is 59.9 Å². The second-order valence-electron chi connectivity index (χ2n) is 3.29. The predicted molar refractivity (Wildman–Crippen MR) is 60.8 cm³/mol. The molecule has 1 nitrogen and oxygen atoms in total. The van der Waals surface area contributed by atoms with E-state index in [1.807, 2.05) is 37.5 Å². The average Bonchev–Trinajstić information content (AvgIpc) is 2.63. The van der Waals surface area contributed by atoms with Crippen LogP contribution in [0, 0.1) is 0 Å². The summed E-state index contributed by atoms with van der Waals surface area (Å²) in [6, 6.07) is 14.5. The van der Waals surface area contributed by atoms with Crippen molar-refractivity contribution in [1.29, 1.82) is 0 Å². The first-order valence-corrected chi connectivity index (χ1v) is 4.71. The number of hydrogen-bond donors (Lipinski definition) is 0. The van der Waals surface area contributed by atoms with Gasteiger partial charge in [0.2, 0.25) is 0 Å². The van der Waals surface area contributed by atoms with Crippen molar-refractivity contribution in [3.8, 4) is 0 Å². The molecule has 0 amide bonds. The minimum Gasteiger partial charge on any atom is -0.351 e. The number of rotatable bonds is 2. The summed E-state index contributed by atoms with van der Waals surface area (Å²) in [4.78, 5) is 0. The van der Waals surface area contributed by atoms with E-state index in [4.69, 9.17) is 0 Å². The van der Waals surface area contributed by atoms with E-state index in [2.05, 4.69) is 34.9 Å². The zero-order valence-corrected chi connectivity index (χ0v) is 8.22. The molecule has 2 aromatic rings. The minimum atomic E-state index is 1.22. The van der Waals surface area contributed by atoms with Gasteiger partial charge >= 0.3 is 0 Å². The molecule has 70 valence electrons. The minimum absolute atomic E-state index is 1.22. The Labute approximate surface area is 84.3 Å². The molecule has 1 aromatic heterocycles. The van der Waals surface area contributed by atoms with Gasteiger partial charge in [-0.25, -0.2) is 0 Å². The summed E-state index contributed by atoms with van der Waals surface area (Å²) in [5.74, 6) is 0. The van der Waals surface area contributed by atoms with Gasteiger partial charge in [0.25, 0.3) is 0 Å². The number of hydrogen-bond acceptors (Lipinski definition) is 0. The van der Waals surface area contributed by atoms with Crippen LogP contribution in [-0.2, 0) is 7.05 Å². The molecule has 1 heteroatoms.